The van der Waals surface area contributed by atoms with Crippen molar-refractivity contribution in [3.05, 3.63) is 42.0 Å². The molecular weight excluding hydrogens is 236 g/mol. The maximum absolute atomic E-state index is 12.2. The van der Waals surface area contributed by atoms with Gasteiger partial charge in [0.1, 0.15) is 0 Å². The van der Waals surface area contributed by atoms with Gasteiger partial charge in [0, 0.05) is 5.56 Å². The molecule has 0 aliphatic carbocycles. The highest BCUT2D eigenvalue weighted by molar-refractivity contribution is 6.14. The first kappa shape index (κ1) is 13.7. The third-order valence-corrected chi connectivity index (χ3v) is 2.50. The van der Waals surface area contributed by atoms with Crippen LogP contribution in [0.25, 0.3) is 6.08 Å². The minimum absolute atomic E-state index is 0.170. The number of hydrogen-bond donors (Lipinski definition) is 1. The van der Waals surface area contributed by atoms with Crippen LogP contribution in [0.3, 0.4) is 0 Å². The van der Waals surface area contributed by atoms with Gasteiger partial charge in [0.25, 0.3) is 5.91 Å². The van der Waals surface area contributed by atoms with E-state index in [2.05, 4.69) is 11.5 Å². The van der Waals surface area contributed by atoms with Crippen molar-refractivity contribution in [1.29, 1.82) is 0 Å². The maximum atomic E-state index is 12.2. The standard InChI is InChI=1S/C13H17ClN2O/c1-5-10-7-6-8-11(9-10)12(17)16(15-14)13(2,3)4/h5-9,15H,1H2,2-4H3. The summed E-state index contributed by atoms with van der Waals surface area (Å²) in [6.07, 6.45) is 1.70. The SMILES string of the molecule is C=Cc1cccc(C(=O)N(NCl)C(C)(C)C)c1. The molecular formula is C13H17ClN2O. The number of rotatable bonds is 3. The Labute approximate surface area is 107 Å². The molecule has 0 saturated heterocycles. The molecule has 1 aromatic rings. The molecule has 1 amide bonds. The van der Waals surface area contributed by atoms with E-state index in [4.69, 9.17) is 11.8 Å². The van der Waals surface area contributed by atoms with Crippen LogP contribution in [0.2, 0.25) is 0 Å². The summed E-state index contributed by atoms with van der Waals surface area (Å²) in [6.45, 7) is 9.38. The molecule has 0 aliphatic heterocycles. The summed E-state index contributed by atoms with van der Waals surface area (Å²) < 4.78 is 0. The molecule has 0 radical (unpaired) electrons. The van der Waals surface area contributed by atoms with Crippen LogP contribution in [0, 0.1) is 0 Å². The largest absolute Gasteiger partial charge is 0.269 e. The molecule has 3 nitrogen and oxygen atoms in total. The van der Waals surface area contributed by atoms with Gasteiger partial charge in [0.2, 0.25) is 0 Å². The molecule has 0 spiro atoms. The number of hydrazine groups is 1. The molecule has 1 N–H and O–H groups in total. The van der Waals surface area contributed by atoms with E-state index in [1.807, 2.05) is 32.9 Å². The van der Waals surface area contributed by atoms with Gasteiger partial charge < -0.3 is 0 Å². The van der Waals surface area contributed by atoms with E-state index in [9.17, 15) is 4.79 Å². The zero-order valence-corrected chi connectivity index (χ0v) is 11.1. The predicted molar refractivity (Wildman–Crippen MR) is 71.4 cm³/mol. The molecule has 0 bridgehead atoms. The van der Waals surface area contributed by atoms with Crippen LogP contribution in [0.5, 0.6) is 0 Å². The Morgan fingerprint density at radius 3 is 2.59 bits per heavy atom. The minimum Gasteiger partial charge on any atom is -0.268 e. The summed E-state index contributed by atoms with van der Waals surface area (Å²) in [5, 5.41) is 1.39. The molecule has 0 unspecified atom stereocenters. The van der Waals surface area contributed by atoms with Crippen molar-refractivity contribution in [2.24, 2.45) is 0 Å². The van der Waals surface area contributed by atoms with Crippen LogP contribution in [-0.2, 0) is 0 Å². The summed E-state index contributed by atoms with van der Waals surface area (Å²) in [7, 11) is 0. The molecule has 0 fully saturated rings. The molecule has 0 atom stereocenters. The van der Waals surface area contributed by atoms with Crippen molar-refractivity contribution >= 4 is 23.8 Å². The Balaban J connectivity index is 3.06. The molecule has 0 heterocycles. The van der Waals surface area contributed by atoms with E-state index >= 15 is 0 Å². The van der Waals surface area contributed by atoms with Crippen LogP contribution in [0.1, 0.15) is 36.7 Å². The first-order valence-electron chi connectivity index (χ1n) is 5.33. The van der Waals surface area contributed by atoms with Crippen molar-refractivity contribution in [2.45, 2.75) is 26.3 Å². The molecule has 0 aliphatic rings. The van der Waals surface area contributed by atoms with Crippen molar-refractivity contribution in [1.82, 2.24) is 9.95 Å². The van der Waals surface area contributed by atoms with Gasteiger partial charge in [-0.1, -0.05) is 24.8 Å². The molecule has 17 heavy (non-hydrogen) atoms. The number of halogens is 1. The van der Waals surface area contributed by atoms with Crippen LogP contribution in [0.4, 0.5) is 0 Å². The summed E-state index contributed by atoms with van der Waals surface area (Å²) in [5.41, 5.74) is 1.08. The third kappa shape index (κ3) is 3.32. The number of hydrogen-bond acceptors (Lipinski definition) is 2. The van der Waals surface area contributed by atoms with Gasteiger partial charge in [-0.3, -0.25) is 9.80 Å². The van der Waals surface area contributed by atoms with E-state index in [1.165, 1.54) is 5.01 Å². The summed E-state index contributed by atoms with van der Waals surface area (Å²) in [5.74, 6) is -0.170. The normalized spacial score (nSPS) is 11.1. The van der Waals surface area contributed by atoms with Gasteiger partial charge in [-0.15, -0.1) is 4.94 Å². The summed E-state index contributed by atoms with van der Waals surface area (Å²) in [6, 6.07) is 7.24. The predicted octanol–water partition coefficient (Wildman–Crippen LogP) is 3.23. The highest BCUT2D eigenvalue weighted by Crippen LogP contribution is 2.16. The van der Waals surface area contributed by atoms with Crippen molar-refractivity contribution in [3.63, 3.8) is 0 Å². The lowest BCUT2D eigenvalue weighted by Crippen LogP contribution is -2.50. The van der Waals surface area contributed by atoms with Crippen molar-refractivity contribution < 1.29 is 4.79 Å². The smallest absolute Gasteiger partial charge is 0.268 e. The van der Waals surface area contributed by atoms with Gasteiger partial charge in [-0.25, -0.2) is 0 Å². The lowest BCUT2D eigenvalue weighted by molar-refractivity contribution is 0.0515. The lowest BCUT2D eigenvalue weighted by Gasteiger charge is -2.33. The highest BCUT2D eigenvalue weighted by atomic mass is 35.5. The van der Waals surface area contributed by atoms with Crippen LogP contribution in [0.15, 0.2) is 30.8 Å². The number of carbonyl (C=O) groups excluding carboxylic acids is 1. The maximum Gasteiger partial charge on any atom is 0.269 e. The average Bonchev–Trinajstić information content (AvgIpc) is 2.28. The average molecular weight is 253 g/mol. The molecule has 0 aromatic heterocycles. The topological polar surface area (TPSA) is 32.3 Å². The second kappa shape index (κ2) is 5.34. The monoisotopic (exact) mass is 252 g/mol. The zero-order valence-electron chi connectivity index (χ0n) is 10.3. The van der Waals surface area contributed by atoms with E-state index in [-0.39, 0.29) is 5.91 Å². The van der Waals surface area contributed by atoms with Gasteiger partial charge in [0.05, 0.1) is 5.54 Å². The van der Waals surface area contributed by atoms with E-state index in [0.717, 1.165) is 5.56 Å². The fourth-order valence-electron chi connectivity index (χ4n) is 1.40. The Bertz CT molecular complexity index is 424. The van der Waals surface area contributed by atoms with E-state index in [1.54, 1.807) is 18.2 Å². The Morgan fingerprint density at radius 1 is 1.47 bits per heavy atom. The number of benzene rings is 1. The fraction of sp³-hybridized carbons (Fsp3) is 0.308. The molecule has 1 rings (SSSR count). The fourth-order valence-corrected chi connectivity index (χ4v) is 1.73. The van der Waals surface area contributed by atoms with Crippen LogP contribution >= 0.6 is 11.8 Å². The molecule has 92 valence electrons. The Morgan fingerprint density at radius 2 is 2.12 bits per heavy atom. The number of amides is 1. The summed E-state index contributed by atoms with van der Waals surface area (Å²) >= 11 is 5.61. The van der Waals surface area contributed by atoms with Crippen molar-refractivity contribution in [2.75, 3.05) is 0 Å². The molecule has 1 aromatic carbocycles. The van der Waals surface area contributed by atoms with Gasteiger partial charge >= 0.3 is 0 Å². The second-order valence-corrected chi connectivity index (χ2v) is 4.89. The van der Waals surface area contributed by atoms with E-state index in [0.29, 0.717) is 5.56 Å². The number of carbonyl (C=O) groups is 1. The Kier molecular flexibility index (Phi) is 4.32. The minimum atomic E-state index is -0.400. The van der Waals surface area contributed by atoms with Crippen LogP contribution in [-0.4, -0.2) is 16.5 Å². The highest BCUT2D eigenvalue weighted by Gasteiger charge is 2.27. The molecule has 0 saturated carbocycles. The number of nitrogens with one attached hydrogen (secondary N) is 1. The van der Waals surface area contributed by atoms with Gasteiger partial charge in [0.15, 0.2) is 0 Å². The van der Waals surface area contributed by atoms with Gasteiger partial charge in [-0.05, 0) is 50.2 Å². The third-order valence-electron chi connectivity index (χ3n) is 2.33. The number of nitrogens with zero attached hydrogens (tertiary/aromatic N) is 1. The van der Waals surface area contributed by atoms with Crippen molar-refractivity contribution in [3.8, 4) is 0 Å². The first-order valence-corrected chi connectivity index (χ1v) is 5.71. The zero-order chi connectivity index (χ0) is 13.1. The Hall–Kier alpha value is -1.32. The van der Waals surface area contributed by atoms with Crippen LogP contribution < -0.4 is 4.94 Å². The van der Waals surface area contributed by atoms with E-state index < -0.39 is 5.54 Å². The first-order chi connectivity index (χ1) is 7.90. The quantitative estimate of drug-likeness (QED) is 0.662. The summed E-state index contributed by atoms with van der Waals surface area (Å²) in [4.78, 5) is 14.6. The lowest BCUT2D eigenvalue weighted by atomic mass is 10.1. The molecule has 4 heteroatoms. The second-order valence-electron chi connectivity index (χ2n) is 4.73. The van der Waals surface area contributed by atoms with Gasteiger partial charge in [-0.2, -0.15) is 0 Å².